The van der Waals surface area contributed by atoms with Crippen molar-refractivity contribution >= 4 is 28.6 Å². The van der Waals surface area contributed by atoms with Crippen molar-refractivity contribution in [3.63, 3.8) is 0 Å². The van der Waals surface area contributed by atoms with Gasteiger partial charge in [-0.25, -0.2) is 4.79 Å². The number of nitrogens with one attached hydrogen (secondary N) is 1. The molecule has 0 aliphatic carbocycles. The summed E-state index contributed by atoms with van der Waals surface area (Å²) in [6, 6.07) is 17.9. The summed E-state index contributed by atoms with van der Waals surface area (Å²) in [5.74, 6) is -1.62. The molecular formula is C25H25NO5. The number of hydrogen-bond acceptors (Lipinski definition) is 5. The van der Waals surface area contributed by atoms with E-state index in [1.807, 2.05) is 36.4 Å². The first-order valence-corrected chi connectivity index (χ1v) is 9.87. The average Bonchev–Trinajstić information content (AvgIpc) is 2.76. The van der Waals surface area contributed by atoms with E-state index in [1.54, 1.807) is 24.3 Å². The number of amides is 2. The second kappa shape index (κ2) is 9.00. The Labute approximate surface area is 181 Å². The van der Waals surface area contributed by atoms with Crippen molar-refractivity contribution in [2.45, 2.75) is 26.2 Å². The van der Waals surface area contributed by atoms with Crippen LogP contribution in [-0.2, 0) is 14.9 Å². The number of benzene rings is 3. The summed E-state index contributed by atoms with van der Waals surface area (Å²) in [5, 5.41) is 3.99. The van der Waals surface area contributed by atoms with Crippen molar-refractivity contribution in [3.8, 4) is 5.75 Å². The molecule has 3 aromatic carbocycles. The maximum Gasteiger partial charge on any atom is 0.342 e. The molecule has 3 rings (SSSR count). The molecule has 0 saturated heterocycles. The van der Waals surface area contributed by atoms with Crippen molar-refractivity contribution in [2.24, 2.45) is 0 Å². The zero-order valence-electron chi connectivity index (χ0n) is 18.0. The fraction of sp³-hybridized carbons (Fsp3) is 0.240. The van der Waals surface area contributed by atoms with Gasteiger partial charge in [0.1, 0.15) is 11.3 Å². The minimum absolute atomic E-state index is 0.0388. The predicted molar refractivity (Wildman–Crippen MR) is 118 cm³/mol. The molecule has 6 heteroatoms. The Morgan fingerprint density at radius 2 is 1.52 bits per heavy atom. The van der Waals surface area contributed by atoms with Crippen LogP contribution >= 0.6 is 0 Å². The van der Waals surface area contributed by atoms with Gasteiger partial charge in [-0.05, 0) is 46.0 Å². The number of imide groups is 1. The highest BCUT2D eigenvalue weighted by molar-refractivity contribution is 6.06. The topological polar surface area (TPSA) is 81.7 Å². The van der Waals surface area contributed by atoms with Crippen LogP contribution in [0.2, 0.25) is 0 Å². The number of ether oxygens (including phenoxy) is 2. The van der Waals surface area contributed by atoms with Gasteiger partial charge >= 0.3 is 5.97 Å². The molecule has 0 spiro atoms. The first-order chi connectivity index (χ1) is 14.7. The lowest BCUT2D eigenvalue weighted by Gasteiger charge is -2.19. The van der Waals surface area contributed by atoms with Crippen LogP contribution in [0, 0.1) is 0 Å². The van der Waals surface area contributed by atoms with Gasteiger partial charge in [-0.2, -0.15) is 0 Å². The Balaban J connectivity index is 1.62. The van der Waals surface area contributed by atoms with E-state index in [0.717, 1.165) is 16.3 Å². The average molecular weight is 419 g/mol. The van der Waals surface area contributed by atoms with E-state index in [2.05, 4.69) is 26.1 Å². The van der Waals surface area contributed by atoms with Gasteiger partial charge in [0.25, 0.3) is 11.8 Å². The summed E-state index contributed by atoms with van der Waals surface area (Å²) in [6.45, 7) is 5.64. The Morgan fingerprint density at radius 1 is 0.903 bits per heavy atom. The molecule has 31 heavy (non-hydrogen) atoms. The number of hydrogen-bond donors (Lipinski definition) is 1. The lowest BCUT2D eigenvalue weighted by molar-refractivity contribution is -0.123. The van der Waals surface area contributed by atoms with E-state index in [1.165, 1.54) is 7.11 Å². The lowest BCUT2D eigenvalue weighted by atomic mass is 9.87. The molecule has 0 unspecified atom stereocenters. The van der Waals surface area contributed by atoms with Crippen LogP contribution in [0.4, 0.5) is 0 Å². The zero-order chi connectivity index (χ0) is 22.6. The molecule has 2 amide bonds. The minimum atomic E-state index is -0.710. The van der Waals surface area contributed by atoms with E-state index < -0.39 is 24.4 Å². The number of carbonyl (C=O) groups excluding carboxylic acids is 3. The largest absolute Gasteiger partial charge is 0.496 e. The van der Waals surface area contributed by atoms with Crippen molar-refractivity contribution in [1.29, 1.82) is 0 Å². The SMILES string of the molecule is COc1cc2ccccc2cc1C(=O)OCC(=O)NC(=O)c1ccc(C(C)(C)C)cc1. The highest BCUT2D eigenvalue weighted by Gasteiger charge is 2.19. The van der Waals surface area contributed by atoms with E-state index in [-0.39, 0.29) is 11.0 Å². The quantitative estimate of drug-likeness (QED) is 0.625. The summed E-state index contributed by atoms with van der Waals surface area (Å²) in [6.07, 6.45) is 0. The van der Waals surface area contributed by atoms with Crippen LogP contribution in [0.3, 0.4) is 0 Å². The van der Waals surface area contributed by atoms with Crippen LogP contribution in [0.15, 0.2) is 60.7 Å². The molecule has 0 heterocycles. The normalized spacial score (nSPS) is 11.1. The number of methoxy groups -OCH3 is 1. The Bertz CT molecular complexity index is 1130. The fourth-order valence-electron chi connectivity index (χ4n) is 3.11. The molecule has 0 fully saturated rings. The van der Waals surface area contributed by atoms with Crippen molar-refractivity contribution < 1.29 is 23.9 Å². The summed E-state index contributed by atoms with van der Waals surface area (Å²) < 4.78 is 10.4. The predicted octanol–water partition coefficient (Wildman–Crippen LogP) is 4.26. The summed E-state index contributed by atoms with van der Waals surface area (Å²) in [5.41, 5.74) is 1.60. The van der Waals surface area contributed by atoms with Gasteiger partial charge in [0.15, 0.2) is 6.61 Å². The molecule has 0 aliphatic rings. The molecule has 0 aliphatic heterocycles. The number of rotatable bonds is 5. The second-order valence-electron chi connectivity index (χ2n) is 8.18. The zero-order valence-corrected chi connectivity index (χ0v) is 18.0. The molecule has 0 aromatic heterocycles. The second-order valence-corrected chi connectivity index (χ2v) is 8.18. The van der Waals surface area contributed by atoms with E-state index in [4.69, 9.17) is 9.47 Å². The third kappa shape index (κ3) is 5.28. The van der Waals surface area contributed by atoms with Crippen LogP contribution in [0.5, 0.6) is 5.75 Å². The molecule has 0 saturated carbocycles. The van der Waals surface area contributed by atoms with Crippen LogP contribution in [0.25, 0.3) is 10.8 Å². The summed E-state index contributed by atoms with van der Waals surface area (Å²) >= 11 is 0. The minimum Gasteiger partial charge on any atom is -0.496 e. The molecule has 0 atom stereocenters. The van der Waals surface area contributed by atoms with Crippen LogP contribution in [0.1, 0.15) is 47.1 Å². The molecule has 0 radical (unpaired) electrons. The molecule has 6 nitrogen and oxygen atoms in total. The number of carbonyl (C=O) groups is 3. The lowest BCUT2D eigenvalue weighted by Crippen LogP contribution is -2.34. The van der Waals surface area contributed by atoms with E-state index in [9.17, 15) is 14.4 Å². The molecule has 160 valence electrons. The summed E-state index contributed by atoms with van der Waals surface area (Å²) in [4.78, 5) is 36.9. The van der Waals surface area contributed by atoms with Gasteiger partial charge in [-0.15, -0.1) is 0 Å². The standard InChI is InChI=1S/C25H25NO5/c1-25(2,3)19-11-9-16(10-12-19)23(28)26-22(27)15-31-24(29)20-13-17-7-5-6-8-18(17)14-21(20)30-4/h5-14H,15H2,1-4H3,(H,26,27,28). The van der Waals surface area contributed by atoms with Crippen LogP contribution < -0.4 is 10.1 Å². The maximum atomic E-state index is 12.5. The number of esters is 1. The summed E-state index contributed by atoms with van der Waals surface area (Å²) in [7, 11) is 1.46. The highest BCUT2D eigenvalue weighted by atomic mass is 16.5. The molecule has 1 N–H and O–H groups in total. The van der Waals surface area contributed by atoms with Crippen LogP contribution in [-0.4, -0.2) is 31.5 Å². The van der Waals surface area contributed by atoms with Crippen molar-refractivity contribution in [1.82, 2.24) is 5.32 Å². The van der Waals surface area contributed by atoms with Gasteiger partial charge in [-0.1, -0.05) is 57.2 Å². The van der Waals surface area contributed by atoms with Gasteiger partial charge in [0, 0.05) is 5.56 Å². The molecular weight excluding hydrogens is 394 g/mol. The first kappa shape index (κ1) is 22.0. The van der Waals surface area contributed by atoms with Gasteiger partial charge in [0.05, 0.1) is 7.11 Å². The third-order valence-electron chi connectivity index (χ3n) is 4.89. The molecule has 0 bridgehead atoms. The maximum absolute atomic E-state index is 12.5. The smallest absolute Gasteiger partial charge is 0.342 e. The Kier molecular flexibility index (Phi) is 6.39. The molecule has 3 aromatic rings. The Morgan fingerprint density at radius 3 is 2.10 bits per heavy atom. The van der Waals surface area contributed by atoms with Gasteiger partial charge < -0.3 is 9.47 Å². The van der Waals surface area contributed by atoms with Gasteiger partial charge in [0.2, 0.25) is 0 Å². The van der Waals surface area contributed by atoms with E-state index in [0.29, 0.717) is 11.3 Å². The third-order valence-corrected chi connectivity index (χ3v) is 4.89. The van der Waals surface area contributed by atoms with E-state index >= 15 is 0 Å². The fourth-order valence-corrected chi connectivity index (χ4v) is 3.11. The highest BCUT2D eigenvalue weighted by Crippen LogP contribution is 2.26. The van der Waals surface area contributed by atoms with Gasteiger partial charge in [-0.3, -0.25) is 14.9 Å². The monoisotopic (exact) mass is 419 g/mol. The Hall–Kier alpha value is -3.67. The number of fused-ring (bicyclic) bond motifs is 1. The van der Waals surface area contributed by atoms with Crippen molar-refractivity contribution in [3.05, 3.63) is 77.4 Å². The van der Waals surface area contributed by atoms with Crippen molar-refractivity contribution in [2.75, 3.05) is 13.7 Å². The first-order valence-electron chi connectivity index (χ1n) is 9.87.